The van der Waals surface area contributed by atoms with E-state index in [4.69, 9.17) is 14.2 Å². The van der Waals surface area contributed by atoms with E-state index < -0.39 is 5.54 Å². The summed E-state index contributed by atoms with van der Waals surface area (Å²) in [5.41, 5.74) is 0.478. The van der Waals surface area contributed by atoms with Gasteiger partial charge < -0.3 is 33.8 Å². The molecular weight excluding hydrogens is 488 g/mol. The first-order valence-electron chi connectivity index (χ1n) is 13.0. The second-order valence-electron chi connectivity index (χ2n) is 9.76. The van der Waals surface area contributed by atoms with Crippen LogP contribution in [0.4, 0.5) is 5.69 Å². The Labute approximate surface area is 222 Å². The molecule has 3 aliphatic rings. The number of hydrogen-bond donors (Lipinski definition) is 0. The van der Waals surface area contributed by atoms with E-state index in [-0.39, 0.29) is 24.3 Å². The highest BCUT2D eigenvalue weighted by atomic mass is 16.5. The second kappa shape index (κ2) is 10.9. The molecule has 0 unspecified atom stereocenters. The smallest absolute Gasteiger partial charge is 0.261 e. The number of hydrogen-bond acceptors (Lipinski definition) is 7. The highest BCUT2D eigenvalue weighted by molar-refractivity contribution is 6.00. The van der Waals surface area contributed by atoms with Crippen LogP contribution in [0.2, 0.25) is 0 Å². The monoisotopic (exact) mass is 522 g/mol. The number of ether oxygens (including phenoxy) is 3. The zero-order valence-corrected chi connectivity index (χ0v) is 21.9. The molecule has 0 atom stereocenters. The lowest BCUT2D eigenvalue weighted by Gasteiger charge is -2.43. The number of morpholine rings is 1. The number of likely N-dealkylation sites (tertiary alicyclic amines) is 1. The molecule has 5 rings (SSSR count). The van der Waals surface area contributed by atoms with E-state index in [1.165, 1.54) is 14.2 Å². The number of rotatable bonds is 6. The molecule has 0 aromatic heterocycles. The summed E-state index contributed by atoms with van der Waals surface area (Å²) in [5.74, 6) is 0.577. The highest BCUT2D eigenvalue weighted by Crippen LogP contribution is 2.40. The van der Waals surface area contributed by atoms with Crippen molar-refractivity contribution in [1.82, 2.24) is 14.7 Å². The Hall–Kier alpha value is -3.79. The number of methoxy groups -OCH3 is 2. The molecule has 0 bridgehead atoms. The molecular formula is C28H34N4O6. The van der Waals surface area contributed by atoms with Gasteiger partial charge in [0.2, 0.25) is 5.91 Å². The maximum Gasteiger partial charge on any atom is 0.261 e. The number of carbonyl (C=O) groups is 3. The second-order valence-corrected chi connectivity index (χ2v) is 9.76. The summed E-state index contributed by atoms with van der Waals surface area (Å²) in [6, 6.07) is 15.1. The maximum atomic E-state index is 14.0. The van der Waals surface area contributed by atoms with Crippen molar-refractivity contribution in [3.63, 3.8) is 0 Å². The number of para-hydroxylation sites is 1. The standard InChI is InChI=1S/C28H34N4O6/c1-36-22-9-6-10-23(37-2)25(22)26(34)30-13-11-28(12-14-30)27(35)31(19-24(33)29-15-17-38-18-16-29)20-32(28)21-7-4-3-5-8-21/h3-10H,11-20H2,1-2H3. The maximum absolute atomic E-state index is 14.0. The predicted molar refractivity (Wildman–Crippen MR) is 140 cm³/mol. The number of piperidine rings is 1. The van der Waals surface area contributed by atoms with E-state index in [2.05, 4.69) is 4.90 Å². The molecule has 2 aromatic rings. The minimum Gasteiger partial charge on any atom is -0.496 e. The molecule has 3 aliphatic heterocycles. The van der Waals surface area contributed by atoms with Gasteiger partial charge in [0.25, 0.3) is 11.8 Å². The van der Waals surface area contributed by atoms with Crippen LogP contribution in [0, 0.1) is 0 Å². The van der Waals surface area contributed by atoms with Crippen molar-refractivity contribution in [1.29, 1.82) is 0 Å². The molecule has 202 valence electrons. The number of anilines is 1. The van der Waals surface area contributed by atoms with Crippen LogP contribution in [0.5, 0.6) is 11.5 Å². The van der Waals surface area contributed by atoms with Crippen LogP contribution in [-0.4, -0.2) is 105 Å². The molecule has 0 radical (unpaired) electrons. The van der Waals surface area contributed by atoms with Crippen molar-refractivity contribution in [2.45, 2.75) is 18.4 Å². The fraction of sp³-hybridized carbons (Fsp3) is 0.464. The van der Waals surface area contributed by atoms with Crippen molar-refractivity contribution in [2.75, 3.05) is 71.7 Å². The van der Waals surface area contributed by atoms with Gasteiger partial charge in [-0.1, -0.05) is 24.3 Å². The van der Waals surface area contributed by atoms with Crippen LogP contribution in [-0.2, 0) is 14.3 Å². The Balaban J connectivity index is 1.37. The molecule has 10 nitrogen and oxygen atoms in total. The molecule has 3 heterocycles. The van der Waals surface area contributed by atoms with Crippen LogP contribution in [0.3, 0.4) is 0 Å². The molecule has 3 amide bonds. The molecule has 38 heavy (non-hydrogen) atoms. The summed E-state index contributed by atoms with van der Waals surface area (Å²) in [5, 5.41) is 0. The topological polar surface area (TPSA) is 91.9 Å². The molecule has 0 aliphatic carbocycles. The van der Waals surface area contributed by atoms with Crippen molar-refractivity contribution >= 4 is 23.4 Å². The number of amides is 3. The van der Waals surface area contributed by atoms with Gasteiger partial charge >= 0.3 is 0 Å². The van der Waals surface area contributed by atoms with Gasteiger partial charge in [0, 0.05) is 31.9 Å². The Morgan fingerprint density at radius 2 is 1.50 bits per heavy atom. The van der Waals surface area contributed by atoms with Gasteiger partial charge in [-0.2, -0.15) is 0 Å². The highest BCUT2D eigenvalue weighted by Gasteiger charge is 2.54. The van der Waals surface area contributed by atoms with Crippen molar-refractivity contribution in [3.8, 4) is 11.5 Å². The van der Waals surface area contributed by atoms with Gasteiger partial charge in [-0.05, 0) is 37.1 Å². The summed E-state index contributed by atoms with van der Waals surface area (Å²) in [6.07, 6.45) is 0.901. The molecule has 3 saturated heterocycles. The van der Waals surface area contributed by atoms with Gasteiger partial charge in [0.1, 0.15) is 29.1 Å². The zero-order valence-electron chi connectivity index (χ0n) is 21.9. The van der Waals surface area contributed by atoms with Crippen molar-refractivity contribution in [2.24, 2.45) is 0 Å². The van der Waals surface area contributed by atoms with Crippen LogP contribution < -0.4 is 14.4 Å². The summed E-state index contributed by atoms with van der Waals surface area (Å²) >= 11 is 0. The number of carbonyl (C=O) groups excluding carboxylic acids is 3. The lowest BCUT2D eigenvalue weighted by atomic mass is 9.85. The van der Waals surface area contributed by atoms with Gasteiger partial charge in [-0.15, -0.1) is 0 Å². The average molecular weight is 523 g/mol. The molecule has 1 spiro atoms. The minimum atomic E-state index is -0.825. The zero-order chi connectivity index (χ0) is 26.7. The van der Waals surface area contributed by atoms with Gasteiger partial charge in [0.05, 0.1) is 34.1 Å². The lowest BCUT2D eigenvalue weighted by molar-refractivity contribution is -0.143. The van der Waals surface area contributed by atoms with E-state index in [0.717, 1.165) is 5.69 Å². The van der Waals surface area contributed by atoms with Gasteiger partial charge in [-0.25, -0.2) is 0 Å². The molecule has 0 N–H and O–H groups in total. The summed E-state index contributed by atoms with van der Waals surface area (Å²) in [4.78, 5) is 47.8. The van der Waals surface area contributed by atoms with E-state index in [9.17, 15) is 14.4 Å². The third kappa shape index (κ3) is 4.64. The average Bonchev–Trinajstić information content (AvgIpc) is 3.23. The van der Waals surface area contributed by atoms with Gasteiger partial charge in [-0.3, -0.25) is 14.4 Å². The van der Waals surface area contributed by atoms with Gasteiger partial charge in [0.15, 0.2) is 0 Å². The first kappa shape index (κ1) is 25.8. The fourth-order valence-electron chi connectivity index (χ4n) is 5.70. The summed E-state index contributed by atoms with van der Waals surface area (Å²) in [7, 11) is 3.05. The predicted octanol–water partition coefficient (Wildman–Crippen LogP) is 1.84. The van der Waals surface area contributed by atoms with Crippen LogP contribution in [0.15, 0.2) is 48.5 Å². The third-order valence-electron chi connectivity index (χ3n) is 7.79. The van der Waals surface area contributed by atoms with Crippen LogP contribution in [0.1, 0.15) is 23.2 Å². The largest absolute Gasteiger partial charge is 0.496 e. The Morgan fingerprint density at radius 1 is 0.868 bits per heavy atom. The Bertz CT molecular complexity index is 1150. The number of nitrogens with zero attached hydrogens (tertiary/aromatic N) is 4. The SMILES string of the molecule is COc1cccc(OC)c1C(=O)N1CCC2(CC1)C(=O)N(CC(=O)N1CCOCC1)CN2c1ccccc1. The quantitative estimate of drug-likeness (QED) is 0.572. The Kier molecular flexibility index (Phi) is 7.42. The van der Waals surface area contributed by atoms with E-state index >= 15 is 0 Å². The van der Waals surface area contributed by atoms with Crippen LogP contribution in [0.25, 0.3) is 0 Å². The number of benzene rings is 2. The van der Waals surface area contributed by atoms with Crippen molar-refractivity contribution < 1.29 is 28.6 Å². The van der Waals surface area contributed by atoms with Crippen LogP contribution >= 0.6 is 0 Å². The summed E-state index contributed by atoms with van der Waals surface area (Å²) in [6.45, 7) is 3.25. The first-order valence-corrected chi connectivity index (χ1v) is 13.0. The minimum absolute atomic E-state index is 0.0327. The molecule has 3 fully saturated rings. The third-order valence-corrected chi connectivity index (χ3v) is 7.79. The molecule has 10 heteroatoms. The molecule has 2 aromatic carbocycles. The fourth-order valence-corrected chi connectivity index (χ4v) is 5.70. The normalized spacial score (nSPS) is 19.2. The van der Waals surface area contributed by atoms with E-state index in [1.807, 2.05) is 30.3 Å². The summed E-state index contributed by atoms with van der Waals surface area (Å²) < 4.78 is 16.3. The molecule has 0 saturated carbocycles. The van der Waals surface area contributed by atoms with E-state index in [0.29, 0.717) is 76.0 Å². The Morgan fingerprint density at radius 3 is 2.11 bits per heavy atom. The lowest BCUT2D eigenvalue weighted by Crippen LogP contribution is -2.57. The van der Waals surface area contributed by atoms with E-state index in [1.54, 1.807) is 32.9 Å². The first-order chi connectivity index (χ1) is 18.5. The van der Waals surface area contributed by atoms with Crippen molar-refractivity contribution in [3.05, 3.63) is 54.1 Å².